The standard InChI is InChI=1S/C40H74N2O10/c1-13-31-28(7)38-30(9)40(41,42-33(51-38)22-46-15-14-44-11)25(4)18-24(3)37(52-35-17-23(2)16-27(6)48-35)29(8)32(19-34(43)49-31)50-36-20-39(10,45-12)26(5)21-47-36/h23-33,35-38,42H,13-22,41H2,1-12H3/t23-,24?,25+,26-,27+,28?,29-,30?,31+,32?,33+,35?,36?,37-,38?,39+,40-/m0/s1. The fourth-order valence-corrected chi connectivity index (χ4v) is 9.21. The molecular weight excluding hydrogens is 668 g/mol. The topological polar surface area (TPSA) is 138 Å². The van der Waals surface area contributed by atoms with Gasteiger partial charge in [0.1, 0.15) is 12.3 Å². The number of cyclic esters (lactones) is 1. The molecule has 0 aromatic carbocycles. The Bertz CT molecular complexity index is 1090. The molecule has 0 amide bonds. The molecule has 0 spiro atoms. The zero-order chi connectivity index (χ0) is 38.4. The van der Waals surface area contributed by atoms with Gasteiger partial charge in [-0.15, -0.1) is 0 Å². The number of fused-ring (bicyclic) bond motifs is 2. The maximum absolute atomic E-state index is 14.1. The summed E-state index contributed by atoms with van der Waals surface area (Å²) in [6.45, 7) is 23.2. The summed E-state index contributed by atoms with van der Waals surface area (Å²) in [7, 11) is 3.39. The Labute approximate surface area is 314 Å². The average molecular weight is 743 g/mol. The second kappa shape index (κ2) is 19.3. The van der Waals surface area contributed by atoms with Crippen LogP contribution < -0.4 is 11.1 Å². The molecule has 4 fully saturated rings. The number of nitrogens with one attached hydrogen (secondary N) is 1. The molecule has 4 heterocycles. The van der Waals surface area contributed by atoms with E-state index in [2.05, 4.69) is 67.6 Å². The van der Waals surface area contributed by atoms with Crippen molar-refractivity contribution in [2.45, 2.75) is 168 Å². The van der Waals surface area contributed by atoms with Gasteiger partial charge >= 0.3 is 5.97 Å². The number of nitrogens with two attached hydrogens (primary N) is 1. The fourth-order valence-electron chi connectivity index (χ4n) is 9.21. The quantitative estimate of drug-likeness (QED) is 0.200. The number of methoxy groups -OCH3 is 2. The predicted molar refractivity (Wildman–Crippen MR) is 198 cm³/mol. The lowest BCUT2D eigenvalue weighted by atomic mass is 9.71. The van der Waals surface area contributed by atoms with Crippen molar-refractivity contribution in [3.63, 3.8) is 0 Å². The maximum Gasteiger partial charge on any atom is 0.308 e. The van der Waals surface area contributed by atoms with Crippen LogP contribution in [0.4, 0.5) is 0 Å². The highest BCUT2D eigenvalue weighted by atomic mass is 16.7. The molecule has 7 unspecified atom stereocenters. The first-order chi connectivity index (χ1) is 24.5. The number of esters is 1. The molecule has 0 saturated carbocycles. The molecular formula is C40H74N2O10. The summed E-state index contributed by atoms with van der Waals surface area (Å²) in [5.41, 5.74) is 6.28. The lowest BCUT2D eigenvalue weighted by molar-refractivity contribution is -0.272. The van der Waals surface area contributed by atoms with Gasteiger partial charge in [0.2, 0.25) is 0 Å². The minimum Gasteiger partial charge on any atom is -0.462 e. The molecule has 4 saturated heterocycles. The van der Waals surface area contributed by atoms with Crippen molar-refractivity contribution in [2.75, 3.05) is 40.6 Å². The summed E-state index contributed by atoms with van der Waals surface area (Å²) in [6.07, 6.45) is 0.992. The van der Waals surface area contributed by atoms with Gasteiger partial charge in [-0.3, -0.25) is 10.1 Å². The summed E-state index contributed by atoms with van der Waals surface area (Å²) >= 11 is 0. The molecule has 4 rings (SSSR count). The van der Waals surface area contributed by atoms with E-state index >= 15 is 0 Å². The molecule has 4 aliphatic heterocycles. The van der Waals surface area contributed by atoms with Gasteiger partial charge in [-0.2, -0.15) is 0 Å². The van der Waals surface area contributed by atoms with Crippen LogP contribution in [0.25, 0.3) is 0 Å². The minimum atomic E-state index is -0.807. The first kappa shape index (κ1) is 43.8. The van der Waals surface area contributed by atoms with E-state index in [1.165, 1.54) is 0 Å². The molecule has 52 heavy (non-hydrogen) atoms. The first-order valence-corrected chi connectivity index (χ1v) is 20.2. The Morgan fingerprint density at radius 1 is 0.904 bits per heavy atom. The van der Waals surface area contributed by atoms with E-state index in [1.807, 2.05) is 6.92 Å². The van der Waals surface area contributed by atoms with Crippen molar-refractivity contribution >= 4 is 5.97 Å². The van der Waals surface area contributed by atoms with E-state index in [1.54, 1.807) is 14.2 Å². The molecule has 12 nitrogen and oxygen atoms in total. The maximum atomic E-state index is 14.1. The van der Waals surface area contributed by atoms with Crippen molar-refractivity contribution < 1.29 is 47.4 Å². The smallest absolute Gasteiger partial charge is 0.308 e. The second-order valence-corrected chi connectivity index (χ2v) is 17.1. The number of rotatable bonds is 11. The fraction of sp³-hybridized carbons (Fsp3) is 0.975. The van der Waals surface area contributed by atoms with Gasteiger partial charge < -0.3 is 48.4 Å². The van der Waals surface area contributed by atoms with Crippen molar-refractivity contribution in [3.8, 4) is 0 Å². The van der Waals surface area contributed by atoms with E-state index in [9.17, 15) is 4.79 Å². The second-order valence-electron chi connectivity index (χ2n) is 17.1. The number of carbonyl (C=O) groups excluding carboxylic acids is 1. The van der Waals surface area contributed by atoms with E-state index < -0.39 is 29.9 Å². The van der Waals surface area contributed by atoms with Crippen LogP contribution in [-0.2, 0) is 47.4 Å². The zero-order valence-corrected chi connectivity index (χ0v) is 34.4. The average Bonchev–Trinajstić information content (AvgIpc) is 3.09. The normalized spacial score (nSPS) is 47.0. The predicted octanol–water partition coefficient (Wildman–Crippen LogP) is 5.63. The van der Waals surface area contributed by atoms with Crippen molar-refractivity contribution in [2.24, 2.45) is 47.2 Å². The van der Waals surface area contributed by atoms with Crippen molar-refractivity contribution in [3.05, 3.63) is 0 Å². The van der Waals surface area contributed by atoms with Crippen LogP contribution in [0.15, 0.2) is 0 Å². The summed E-state index contributed by atoms with van der Waals surface area (Å²) < 4.78 is 56.6. The lowest BCUT2D eigenvalue weighted by Crippen LogP contribution is -2.73. The molecule has 3 N–H and O–H groups in total. The highest BCUT2D eigenvalue weighted by Crippen LogP contribution is 2.42. The van der Waals surface area contributed by atoms with Gasteiger partial charge in [0.15, 0.2) is 12.6 Å². The van der Waals surface area contributed by atoms with Crippen LogP contribution in [0.5, 0.6) is 0 Å². The molecule has 4 aliphatic rings. The molecule has 2 bridgehead atoms. The van der Waals surface area contributed by atoms with Gasteiger partial charge in [0, 0.05) is 50.7 Å². The number of carbonyl (C=O) groups is 1. The Hall–Kier alpha value is -0.930. The van der Waals surface area contributed by atoms with Gasteiger partial charge in [-0.1, -0.05) is 55.4 Å². The van der Waals surface area contributed by atoms with Crippen molar-refractivity contribution in [1.29, 1.82) is 0 Å². The van der Waals surface area contributed by atoms with Crippen LogP contribution in [0.1, 0.15) is 108 Å². The van der Waals surface area contributed by atoms with E-state index in [4.69, 9.17) is 48.4 Å². The first-order valence-electron chi connectivity index (χ1n) is 20.2. The van der Waals surface area contributed by atoms with E-state index in [0.29, 0.717) is 45.2 Å². The molecule has 12 heteroatoms. The number of hydrogen-bond acceptors (Lipinski definition) is 12. The lowest BCUT2D eigenvalue weighted by Gasteiger charge is -2.54. The summed E-state index contributed by atoms with van der Waals surface area (Å²) in [6, 6.07) is 0. The molecule has 0 radical (unpaired) electrons. The third-order valence-corrected chi connectivity index (χ3v) is 13.0. The van der Waals surface area contributed by atoms with Gasteiger partial charge in [0.05, 0.1) is 68.5 Å². The van der Waals surface area contributed by atoms with Gasteiger partial charge in [-0.25, -0.2) is 0 Å². The number of ether oxygens (including phenoxy) is 9. The van der Waals surface area contributed by atoms with E-state index in [0.717, 1.165) is 19.3 Å². The summed E-state index contributed by atoms with van der Waals surface area (Å²) in [5, 5.41) is 3.66. The third kappa shape index (κ3) is 10.7. The molecule has 17 atom stereocenters. The Balaban J connectivity index is 1.71. The molecule has 304 valence electrons. The third-order valence-electron chi connectivity index (χ3n) is 13.0. The van der Waals surface area contributed by atoms with Crippen LogP contribution in [0, 0.1) is 41.4 Å². The molecule has 0 aromatic rings. The van der Waals surface area contributed by atoms with Gasteiger partial charge in [0.25, 0.3) is 0 Å². The SMILES string of the molecule is CC[C@H]1OC(=O)CC(OC2C[C@@](C)(OC)[C@@H](C)CO2)[C@H](C)[C@@H](OC2C[C@@H](C)C[C@@H](C)O2)C(C)C[C@@H](C)[C@]2(N)N[C@@H](COCCOC)OC(C1C)C2C. The van der Waals surface area contributed by atoms with Crippen molar-refractivity contribution in [1.82, 2.24) is 5.32 Å². The Morgan fingerprint density at radius 2 is 1.63 bits per heavy atom. The minimum absolute atomic E-state index is 0.0107. The number of hydrogen-bond donors (Lipinski definition) is 2. The zero-order valence-electron chi connectivity index (χ0n) is 34.4. The highest BCUT2D eigenvalue weighted by molar-refractivity contribution is 5.70. The van der Waals surface area contributed by atoms with Crippen LogP contribution in [0.2, 0.25) is 0 Å². The largest absolute Gasteiger partial charge is 0.462 e. The van der Waals surface area contributed by atoms with Crippen LogP contribution >= 0.6 is 0 Å². The van der Waals surface area contributed by atoms with Gasteiger partial charge in [-0.05, 0) is 50.9 Å². The molecule has 0 aliphatic carbocycles. The van der Waals surface area contributed by atoms with E-state index in [-0.39, 0.29) is 78.6 Å². The summed E-state index contributed by atoms with van der Waals surface area (Å²) in [5.74, 6) is -0.0725. The van der Waals surface area contributed by atoms with Crippen LogP contribution in [0.3, 0.4) is 0 Å². The molecule has 0 aromatic heterocycles. The monoisotopic (exact) mass is 743 g/mol. The summed E-state index contributed by atoms with van der Waals surface area (Å²) in [4.78, 5) is 14.1. The van der Waals surface area contributed by atoms with Crippen LogP contribution in [-0.4, -0.2) is 107 Å². The Morgan fingerprint density at radius 3 is 2.29 bits per heavy atom. The Kier molecular flexibility index (Phi) is 16.2. The highest BCUT2D eigenvalue weighted by Gasteiger charge is 2.52.